The summed E-state index contributed by atoms with van der Waals surface area (Å²) in [7, 11) is 1.83. The van der Waals surface area contributed by atoms with Crippen LogP contribution in [0.3, 0.4) is 0 Å². The van der Waals surface area contributed by atoms with Gasteiger partial charge in [-0.2, -0.15) is 0 Å². The first kappa shape index (κ1) is 17.0. The summed E-state index contributed by atoms with van der Waals surface area (Å²) in [5, 5.41) is 0. The fourth-order valence-corrected chi connectivity index (χ4v) is 5.66. The molecule has 1 aromatic heterocycles. The number of amides is 1. The lowest BCUT2D eigenvalue weighted by Gasteiger charge is -2.58. The highest BCUT2D eigenvalue weighted by molar-refractivity contribution is 5.90. The van der Waals surface area contributed by atoms with Gasteiger partial charge in [-0.1, -0.05) is 13.3 Å². The van der Waals surface area contributed by atoms with E-state index in [4.69, 9.17) is 10.5 Å². The number of carbonyl (C=O) groups excluding carboxylic acids is 1. The smallest absolute Gasteiger partial charge is 0.267 e. The van der Waals surface area contributed by atoms with E-state index >= 15 is 0 Å². The normalized spacial score (nSPS) is 38.2. The number of nitrogens with zero attached hydrogens (tertiary/aromatic N) is 2. The van der Waals surface area contributed by atoms with Crippen LogP contribution in [0.15, 0.2) is 18.3 Å². The molecular weight excluding hydrogens is 314 g/mol. The topological polar surface area (TPSA) is 68.5 Å². The lowest BCUT2D eigenvalue weighted by Crippen LogP contribution is -2.62. The largest absolute Gasteiger partial charge is 0.373 e. The Morgan fingerprint density at radius 2 is 2.00 bits per heavy atom. The van der Waals surface area contributed by atoms with Gasteiger partial charge in [-0.15, -0.1) is 0 Å². The first-order valence-electron chi connectivity index (χ1n) is 9.61. The second-order valence-corrected chi connectivity index (χ2v) is 8.19. The quantitative estimate of drug-likeness (QED) is 0.912. The number of hydrogen-bond acceptors (Lipinski definition) is 4. The van der Waals surface area contributed by atoms with Crippen LogP contribution >= 0.6 is 0 Å². The Morgan fingerprint density at radius 3 is 2.52 bits per heavy atom. The minimum absolute atomic E-state index is 0.311. The fraction of sp³-hybridized carbons (Fsp3) is 0.700. The van der Waals surface area contributed by atoms with Gasteiger partial charge in [-0.25, -0.2) is 0 Å². The van der Waals surface area contributed by atoms with Crippen molar-refractivity contribution in [1.29, 1.82) is 0 Å². The first-order valence-corrected chi connectivity index (χ1v) is 9.61. The van der Waals surface area contributed by atoms with Crippen LogP contribution in [0, 0.1) is 17.8 Å². The number of fused-ring (bicyclic) bond motifs is 2. The summed E-state index contributed by atoms with van der Waals surface area (Å²) in [5.74, 6) is 1.26. The average molecular weight is 343 g/mol. The van der Waals surface area contributed by atoms with Crippen molar-refractivity contribution < 1.29 is 9.53 Å². The van der Waals surface area contributed by atoms with Gasteiger partial charge in [-0.05, 0) is 49.3 Å². The van der Waals surface area contributed by atoms with E-state index in [1.807, 2.05) is 19.2 Å². The predicted molar refractivity (Wildman–Crippen MR) is 96.0 cm³/mol. The molecule has 5 heteroatoms. The summed E-state index contributed by atoms with van der Waals surface area (Å²) in [6.45, 7) is 4.56. The molecule has 4 atom stereocenters. The van der Waals surface area contributed by atoms with Crippen molar-refractivity contribution >= 4 is 5.91 Å². The molecule has 2 N–H and O–H groups in total. The second kappa shape index (κ2) is 6.36. The van der Waals surface area contributed by atoms with Gasteiger partial charge in [0.2, 0.25) is 0 Å². The summed E-state index contributed by atoms with van der Waals surface area (Å²) in [6.07, 6.45) is 8.01. The van der Waals surface area contributed by atoms with Crippen LogP contribution in [0.5, 0.6) is 0 Å². The summed E-state index contributed by atoms with van der Waals surface area (Å²) in [5.41, 5.74) is 6.57. The Morgan fingerprint density at radius 1 is 1.28 bits per heavy atom. The number of nitrogens with two attached hydrogens (primary N) is 1. The zero-order valence-corrected chi connectivity index (χ0v) is 15.3. The van der Waals surface area contributed by atoms with Gasteiger partial charge in [-0.3, -0.25) is 14.7 Å². The number of ether oxygens (including phenoxy) is 1. The molecule has 3 aliphatic rings. The van der Waals surface area contributed by atoms with E-state index in [-0.39, 0.29) is 5.60 Å². The van der Waals surface area contributed by atoms with E-state index in [9.17, 15) is 4.79 Å². The van der Waals surface area contributed by atoms with E-state index in [1.54, 1.807) is 6.20 Å². The second-order valence-electron chi connectivity index (χ2n) is 8.19. The number of aromatic nitrogens is 1. The third kappa shape index (κ3) is 2.59. The number of rotatable bonds is 4. The van der Waals surface area contributed by atoms with Gasteiger partial charge >= 0.3 is 0 Å². The molecule has 136 valence electrons. The molecule has 1 amide bonds. The maximum Gasteiger partial charge on any atom is 0.267 e. The summed E-state index contributed by atoms with van der Waals surface area (Å²) in [4.78, 5) is 18.5. The zero-order chi connectivity index (χ0) is 17.6. The highest BCUT2D eigenvalue weighted by Crippen LogP contribution is 2.52. The number of carbonyl (C=O) groups is 1. The minimum Gasteiger partial charge on any atom is -0.373 e. The molecule has 0 radical (unpaired) electrons. The third-order valence-corrected chi connectivity index (χ3v) is 7.07. The molecule has 5 nitrogen and oxygen atoms in total. The molecular formula is C20H29N3O2. The van der Waals surface area contributed by atoms with Crippen molar-refractivity contribution in [1.82, 2.24) is 9.88 Å². The van der Waals surface area contributed by atoms with Crippen molar-refractivity contribution in [3.63, 3.8) is 0 Å². The maximum absolute atomic E-state index is 11.6. The van der Waals surface area contributed by atoms with Crippen molar-refractivity contribution in [3.05, 3.63) is 29.6 Å². The Kier molecular flexibility index (Phi) is 4.32. The number of hydrogen-bond donors (Lipinski definition) is 1. The molecule has 1 saturated heterocycles. The van der Waals surface area contributed by atoms with E-state index in [1.165, 1.54) is 32.1 Å². The zero-order valence-electron chi connectivity index (χ0n) is 15.3. The molecule has 2 saturated carbocycles. The number of methoxy groups -OCH3 is 1. The predicted octanol–water partition coefficient (Wildman–Crippen LogP) is 2.55. The minimum atomic E-state index is -0.473. The van der Waals surface area contributed by atoms with Gasteiger partial charge in [0.25, 0.3) is 5.91 Å². The molecule has 2 heterocycles. The van der Waals surface area contributed by atoms with Gasteiger partial charge < -0.3 is 10.5 Å². The number of primary amides is 1. The Balaban J connectivity index is 1.69. The van der Waals surface area contributed by atoms with Crippen LogP contribution in [0.4, 0.5) is 0 Å². The standard InChI is InChI=1S/C20H29N3O2/c1-13-6-7-18(13)23-11-15-4-3-5-16(12-23)20(15,25-2)14-8-9-22-17(10-14)19(21)24/h8-10,13,15-16,18H,3-7,11-12H2,1-2H3,(H2,21,24)/t13-,15?,16?,18+,20?/m0/s1. The van der Waals surface area contributed by atoms with Crippen LogP contribution in [-0.4, -0.2) is 42.0 Å². The summed E-state index contributed by atoms with van der Waals surface area (Å²) >= 11 is 0. The molecule has 3 fully saturated rings. The van der Waals surface area contributed by atoms with E-state index in [0.717, 1.165) is 30.6 Å². The van der Waals surface area contributed by atoms with Crippen LogP contribution < -0.4 is 5.73 Å². The Hall–Kier alpha value is -1.46. The lowest BCUT2D eigenvalue weighted by molar-refractivity contribution is -0.181. The molecule has 2 bridgehead atoms. The molecule has 4 rings (SSSR count). The molecule has 2 unspecified atom stereocenters. The van der Waals surface area contributed by atoms with Crippen molar-refractivity contribution in [3.8, 4) is 0 Å². The number of pyridine rings is 1. The van der Waals surface area contributed by atoms with Crippen LogP contribution in [0.2, 0.25) is 0 Å². The molecule has 0 spiro atoms. The monoisotopic (exact) mass is 343 g/mol. The lowest BCUT2D eigenvalue weighted by atomic mass is 9.61. The highest BCUT2D eigenvalue weighted by atomic mass is 16.5. The van der Waals surface area contributed by atoms with Gasteiger partial charge in [0, 0.05) is 44.3 Å². The van der Waals surface area contributed by atoms with E-state index < -0.39 is 5.91 Å². The average Bonchev–Trinajstić information content (AvgIpc) is 2.59. The van der Waals surface area contributed by atoms with Gasteiger partial charge in [0.15, 0.2) is 0 Å². The van der Waals surface area contributed by atoms with Crippen LogP contribution in [-0.2, 0) is 10.3 Å². The number of likely N-dealkylation sites (tertiary alicyclic amines) is 1. The van der Waals surface area contributed by atoms with Gasteiger partial charge in [0.1, 0.15) is 11.3 Å². The van der Waals surface area contributed by atoms with Crippen molar-refractivity contribution in [2.45, 2.75) is 50.7 Å². The SMILES string of the molecule is COC1(c2ccnc(C(N)=O)c2)C2CCCC1CN([C@@H]1CC[C@@H]1C)C2. The Bertz CT molecular complexity index is 648. The summed E-state index contributed by atoms with van der Waals surface area (Å²) in [6, 6.07) is 4.62. The number of piperidine rings is 1. The van der Waals surface area contributed by atoms with E-state index in [0.29, 0.717) is 17.5 Å². The van der Waals surface area contributed by atoms with Crippen LogP contribution in [0.1, 0.15) is 55.1 Å². The summed E-state index contributed by atoms with van der Waals surface area (Å²) < 4.78 is 6.27. The molecule has 0 aromatic carbocycles. The highest BCUT2D eigenvalue weighted by Gasteiger charge is 2.54. The molecule has 1 aliphatic heterocycles. The van der Waals surface area contributed by atoms with Crippen molar-refractivity contribution in [2.24, 2.45) is 23.5 Å². The van der Waals surface area contributed by atoms with Crippen molar-refractivity contribution in [2.75, 3.05) is 20.2 Å². The van der Waals surface area contributed by atoms with Gasteiger partial charge in [0.05, 0.1) is 0 Å². The Labute approximate surface area is 149 Å². The first-order chi connectivity index (χ1) is 12.1. The fourth-order valence-electron chi connectivity index (χ4n) is 5.66. The van der Waals surface area contributed by atoms with Crippen LogP contribution in [0.25, 0.3) is 0 Å². The molecule has 1 aromatic rings. The third-order valence-electron chi connectivity index (χ3n) is 7.07. The molecule has 25 heavy (non-hydrogen) atoms. The van der Waals surface area contributed by atoms with E-state index in [2.05, 4.69) is 16.8 Å². The maximum atomic E-state index is 11.6. The molecule has 2 aliphatic carbocycles.